The van der Waals surface area contributed by atoms with Crippen molar-refractivity contribution in [2.45, 2.75) is 19.8 Å². The fourth-order valence-electron chi connectivity index (χ4n) is 2.57. The van der Waals surface area contributed by atoms with Crippen LogP contribution in [0.15, 0.2) is 0 Å². The first kappa shape index (κ1) is 12.0. The number of carbonyl (C=O) groups is 1. The second kappa shape index (κ2) is 5.25. The van der Waals surface area contributed by atoms with Crippen molar-refractivity contribution in [3.63, 3.8) is 0 Å². The van der Waals surface area contributed by atoms with Gasteiger partial charge in [-0.05, 0) is 19.8 Å². The van der Waals surface area contributed by atoms with Crippen LogP contribution in [0.25, 0.3) is 0 Å². The molecule has 0 aromatic rings. The van der Waals surface area contributed by atoms with Gasteiger partial charge in [-0.1, -0.05) is 0 Å². The van der Waals surface area contributed by atoms with Gasteiger partial charge in [0, 0.05) is 38.3 Å². The lowest BCUT2D eigenvalue weighted by atomic mass is 9.76. The van der Waals surface area contributed by atoms with Crippen molar-refractivity contribution in [1.29, 1.82) is 0 Å². The van der Waals surface area contributed by atoms with E-state index in [9.17, 15) is 4.79 Å². The zero-order valence-corrected chi connectivity index (χ0v) is 10.0. The highest BCUT2D eigenvalue weighted by Crippen LogP contribution is 2.32. The van der Waals surface area contributed by atoms with E-state index < -0.39 is 0 Å². The molecule has 92 valence electrons. The largest absolute Gasteiger partial charge is 0.381 e. The van der Waals surface area contributed by atoms with Crippen molar-refractivity contribution < 1.29 is 14.3 Å². The molecule has 2 fully saturated rings. The Balaban J connectivity index is 1.98. The summed E-state index contributed by atoms with van der Waals surface area (Å²) in [6.07, 6.45) is 1.75. The summed E-state index contributed by atoms with van der Waals surface area (Å²) in [4.78, 5) is 14.2. The third kappa shape index (κ3) is 2.62. The molecular formula is C12H21NO3. The number of rotatable bonds is 3. The minimum absolute atomic E-state index is 0.157. The molecule has 2 aliphatic rings. The van der Waals surface area contributed by atoms with Gasteiger partial charge in [-0.15, -0.1) is 0 Å². The average Bonchev–Trinajstić information content (AvgIpc) is 2.31. The number of hydrogen-bond donors (Lipinski definition) is 0. The van der Waals surface area contributed by atoms with E-state index in [-0.39, 0.29) is 5.41 Å². The number of hydrogen-bond acceptors (Lipinski definition) is 4. The summed E-state index contributed by atoms with van der Waals surface area (Å²) in [6, 6.07) is 0. The normalized spacial score (nSPS) is 26.6. The van der Waals surface area contributed by atoms with Crippen LogP contribution in [-0.4, -0.2) is 56.7 Å². The first-order chi connectivity index (χ1) is 7.73. The van der Waals surface area contributed by atoms with Gasteiger partial charge in [-0.3, -0.25) is 9.69 Å². The fraction of sp³-hybridized carbons (Fsp3) is 0.917. The predicted octanol–water partition coefficient (Wildman–Crippen LogP) is 0.704. The second-order valence-corrected chi connectivity index (χ2v) is 4.84. The summed E-state index contributed by atoms with van der Waals surface area (Å²) in [5, 5.41) is 0. The van der Waals surface area contributed by atoms with Crippen molar-refractivity contribution in [2.24, 2.45) is 5.41 Å². The van der Waals surface area contributed by atoms with Crippen molar-refractivity contribution in [2.75, 3.05) is 46.1 Å². The molecule has 2 aliphatic heterocycles. The molecular weight excluding hydrogens is 206 g/mol. The minimum atomic E-state index is -0.157. The van der Waals surface area contributed by atoms with Gasteiger partial charge in [0.15, 0.2) is 0 Å². The van der Waals surface area contributed by atoms with Crippen LogP contribution < -0.4 is 0 Å². The Labute approximate surface area is 96.9 Å². The van der Waals surface area contributed by atoms with Crippen molar-refractivity contribution >= 4 is 5.78 Å². The monoisotopic (exact) mass is 227 g/mol. The number of carbonyl (C=O) groups excluding carboxylic acids is 1. The molecule has 16 heavy (non-hydrogen) atoms. The molecule has 0 aromatic heterocycles. The summed E-state index contributed by atoms with van der Waals surface area (Å²) < 4.78 is 10.7. The van der Waals surface area contributed by atoms with E-state index in [4.69, 9.17) is 9.47 Å². The van der Waals surface area contributed by atoms with Gasteiger partial charge < -0.3 is 9.47 Å². The maximum atomic E-state index is 11.9. The third-order valence-corrected chi connectivity index (χ3v) is 3.83. The smallest absolute Gasteiger partial charge is 0.137 e. The number of morpholine rings is 1. The first-order valence-electron chi connectivity index (χ1n) is 6.12. The highest BCUT2D eigenvalue weighted by atomic mass is 16.5. The summed E-state index contributed by atoms with van der Waals surface area (Å²) in [7, 11) is 0. The Bertz CT molecular complexity index is 243. The summed E-state index contributed by atoms with van der Waals surface area (Å²) in [5.41, 5.74) is -0.157. The fourth-order valence-corrected chi connectivity index (χ4v) is 2.57. The number of Topliss-reactive ketones (excluding diaryl/α,β-unsaturated/α-hetero) is 1. The number of ether oxygens (including phenoxy) is 2. The van der Waals surface area contributed by atoms with E-state index in [0.29, 0.717) is 5.78 Å². The molecule has 0 aromatic carbocycles. The van der Waals surface area contributed by atoms with Crippen LogP contribution in [0.5, 0.6) is 0 Å². The SMILES string of the molecule is CC(=O)C1(CN2CCOCC2)CCOCC1. The molecule has 0 N–H and O–H groups in total. The average molecular weight is 227 g/mol. The molecule has 2 rings (SSSR count). The van der Waals surface area contributed by atoms with Crippen LogP contribution in [0.1, 0.15) is 19.8 Å². The van der Waals surface area contributed by atoms with Gasteiger partial charge in [0.25, 0.3) is 0 Å². The summed E-state index contributed by atoms with van der Waals surface area (Å²) in [6.45, 7) is 7.56. The lowest BCUT2D eigenvalue weighted by Crippen LogP contribution is -2.49. The Kier molecular flexibility index (Phi) is 3.95. The number of nitrogens with zero attached hydrogens (tertiary/aromatic N) is 1. The van der Waals surface area contributed by atoms with Crippen LogP contribution in [0.3, 0.4) is 0 Å². The molecule has 0 amide bonds. The molecule has 2 heterocycles. The highest BCUT2D eigenvalue weighted by Gasteiger charge is 2.38. The molecule has 0 spiro atoms. The van der Waals surface area contributed by atoms with E-state index in [1.165, 1.54) is 0 Å². The Morgan fingerprint density at radius 1 is 1.12 bits per heavy atom. The zero-order valence-electron chi connectivity index (χ0n) is 10.0. The van der Waals surface area contributed by atoms with Gasteiger partial charge >= 0.3 is 0 Å². The van der Waals surface area contributed by atoms with Crippen LogP contribution in [0, 0.1) is 5.41 Å². The molecule has 0 unspecified atom stereocenters. The maximum Gasteiger partial charge on any atom is 0.137 e. The summed E-state index contributed by atoms with van der Waals surface area (Å²) >= 11 is 0. The molecule has 0 radical (unpaired) electrons. The van der Waals surface area contributed by atoms with Crippen molar-refractivity contribution in [3.8, 4) is 0 Å². The maximum absolute atomic E-state index is 11.9. The third-order valence-electron chi connectivity index (χ3n) is 3.83. The van der Waals surface area contributed by atoms with Gasteiger partial charge in [-0.25, -0.2) is 0 Å². The van der Waals surface area contributed by atoms with Crippen LogP contribution in [0.2, 0.25) is 0 Å². The van der Waals surface area contributed by atoms with Crippen molar-refractivity contribution in [3.05, 3.63) is 0 Å². The summed E-state index contributed by atoms with van der Waals surface area (Å²) in [5.74, 6) is 0.322. The standard InChI is InChI=1S/C12H21NO3/c1-11(14)12(2-6-15-7-3-12)10-13-4-8-16-9-5-13/h2-10H2,1H3. The van der Waals surface area contributed by atoms with E-state index >= 15 is 0 Å². The number of ketones is 1. The topological polar surface area (TPSA) is 38.8 Å². The molecule has 0 atom stereocenters. The van der Waals surface area contributed by atoms with Crippen molar-refractivity contribution in [1.82, 2.24) is 4.90 Å². The van der Waals surface area contributed by atoms with E-state index in [1.807, 2.05) is 0 Å². The van der Waals surface area contributed by atoms with Crippen LogP contribution >= 0.6 is 0 Å². The van der Waals surface area contributed by atoms with E-state index in [2.05, 4.69) is 4.90 Å². The predicted molar refractivity (Wildman–Crippen MR) is 60.4 cm³/mol. The van der Waals surface area contributed by atoms with Gasteiger partial charge in [0.2, 0.25) is 0 Å². The second-order valence-electron chi connectivity index (χ2n) is 4.84. The van der Waals surface area contributed by atoms with E-state index in [1.54, 1.807) is 6.92 Å². The Morgan fingerprint density at radius 3 is 2.25 bits per heavy atom. The molecule has 4 nitrogen and oxygen atoms in total. The first-order valence-corrected chi connectivity index (χ1v) is 6.12. The quantitative estimate of drug-likeness (QED) is 0.711. The molecule has 2 saturated heterocycles. The van der Waals surface area contributed by atoms with Crippen LogP contribution in [-0.2, 0) is 14.3 Å². The van der Waals surface area contributed by atoms with E-state index in [0.717, 1.165) is 58.9 Å². The van der Waals surface area contributed by atoms with Gasteiger partial charge in [0.1, 0.15) is 5.78 Å². The van der Waals surface area contributed by atoms with Crippen LogP contribution in [0.4, 0.5) is 0 Å². The zero-order chi connectivity index (χ0) is 11.4. The molecule has 0 saturated carbocycles. The highest BCUT2D eigenvalue weighted by molar-refractivity contribution is 5.82. The minimum Gasteiger partial charge on any atom is -0.381 e. The lowest BCUT2D eigenvalue weighted by molar-refractivity contribution is -0.134. The Hall–Kier alpha value is -0.450. The molecule has 0 aliphatic carbocycles. The van der Waals surface area contributed by atoms with Gasteiger partial charge in [0.05, 0.1) is 13.2 Å². The lowest BCUT2D eigenvalue weighted by Gasteiger charge is -2.40. The molecule has 0 bridgehead atoms. The van der Waals surface area contributed by atoms with Gasteiger partial charge in [-0.2, -0.15) is 0 Å². The molecule has 4 heteroatoms. The Morgan fingerprint density at radius 2 is 1.69 bits per heavy atom.